The van der Waals surface area contributed by atoms with Crippen molar-refractivity contribution < 1.29 is 14.7 Å². The van der Waals surface area contributed by atoms with E-state index in [0.717, 1.165) is 0 Å². The third-order valence-corrected chi connectivity index (χ3v) is 4.01. The van der Waals surface area contributed by atoms with Crippen molar-refractivity contribution in [1.29, 1.82) is 0 Å². The maximum absolute atomic E-state index is 12.2. The first-order chi connectivity index (χ1) is 9.90. The van der Waals surface area contributed by atoms with E-state index in [1.165, 1.54) is 18.2 Å². The Balaban J connectivity index is 2.36. The van der Waals surface area contributed by atoms with Crippen LogP contribution in [0.5, 0.6) is 0 Å². The van der Waals surface area contributed by atoms with Crippen molar-refractivity contribution in [3.8, 4) is 0 Å². The average Bonchev–Trinajstić information content (AvgIpc) is 2.43. The Bertz CT molecular complexity index is 734. The summed E-state index contributed by atoms with van der Waals surface area (Å²) in [6.45, 7) is 0. The van der Waals surface area contributed by atoms with E-state index >= 15 is 0 Å². The van der Waals surface area contributed by atoms with Gasteiger partial charge in [-0.25, -0.2) is 4.79 Å². The van der Waals surface area contributed by atoms with Crippen molar-refractivity contribution in [2.45, 2.75) is 0 Å². The van der Waals surface area contributed by atoms with Crippen LogP contribution in [0.15, 0.2) is 40.9 Å². The van der Waals surface area contributed by atoms with Gasteiger partial charge < -0.3 is 16.2 Å². The molecule has 5 nitrogen and oxygen atoms in total. The van der Waals surface area contributed by atoms with Gasteiger partial charge in [0.05, 0.1) is 21.8 Å². The van der Waals surface area contributed by atoms with Crippen LogP contribution in [-0.4, -0.2) is 17.0 Å². The fourth-order valence-corrected chi connectivity index (χ4v) is 2.29. The highest BCUT2D eigenvalue weighted by molar-refractivity contribution is 9.10. The highest BCUT2D eigenvalue weighted by atomic mass is 79.9. The lowest BCUT2D eigenvalue weighted by Crippen LogP contribution is -2.15. The Labute approximate surface area is 133 Å². The van der Waals surface area contributed by atoms with Crippen LogP contribution in [0.4, 0.5) is 11.4 Å². The lowest BCUT2D eigenvalue weighted by atomic mass is 10.1. The molecule has 0 saturated heterocycles. The monoisotopic (exact) mass is 368 g/mol. The summed E-state index contributed by atoms with van der Waals surface area (Å²) in [5.41, 5.74) is 6.14. The van der Waals surface area contributed by atoms with Crippen LogP contribution in [0.25, 0.3) is 0 Å². The zero-order chi connectivity index (χ0) is 15.6. The Morgan fingerprint density at radius 2 is 1.90 bits per heavy atom. The summed E-state index contributed by atoms with van der Waals surface area (Å²) in [5.74, 6) is -1.69. The summed E-state index contributed by atoms with van der Waals surface area (Å²) in [4.78, 5) is 23.4. The zero-order valence-electron chi connectivity index (χ0n) is 10.6. The van der Waals surface area contributed by atoms with Gasteiger partial charge >= 0.3 is 5.97 Å². The molecule has 0 aliphatic heterocycles. The number of hydrogen-bond donors (Lipinski definition) is 3. The summed E-state index contributed by atoms with van der Waals surface area (Å²) in [5, 5.41) is 11.9. The summed E-state index contributed by atoms with van der Waals surface area (Å²) >= 11 is 9.26. The van der Waals surface area contributed by atoms with Crippen molar-refractivity contribution in [1.82, 2.24) is 0 Å². The number of carboxylic acids is 1. The molecule has 1 amide bonds. The number of rotatable bonds is 3. The molecular formula is C14H10BrClN2O3. The molecule has 2 rings (SSSR count). The number of carbonyl (C=O) groups is 2. The molecule has 0 heterocycles. The molecule has 0 aliphatic carbocycles. The van der Waals surface area contributed by atoms with E-state index in [1.807, 2.05) is 0 Å². The van der Waals surface area contributed by atoms with Crippen LogP contribution in [0, 0.1) is 0 Å². The second-order valence-corrected chi connectivity index (χ2v) is 5.40. The molecule has 108 valence electrons. The number of benzene rings is 2. The van der Waals surface area contributed by atoms with Gasteiger partial charge in [-0.3, -0.25) is 4.79 Å². The maximum Gasteiger partial charge on any atom is 0.337 e. The summed E-state index contributed by atoms with van der Waals surface area (Å²) in [6.07, 6.45) is 0. The molecule has 0 unspecified atom stereocenters. The third kappa shape index (κ3) is 3.34. The SMILES string of the molecule is Nc1ccc(NC(=O)c2cccc(Br)c2Cl)c(C(=O)O)c1. The highest BCUT2D eigenvalue weighted by Gasteiger charge is 2.16. The van der Waals surface area contributed by atoms with Crippen LogP contribution >= 0.6 is 27.5 Å². The number of nitrogen functional groups attached to an aromatic ring is 1. The van der Waals surface area contributed by atoms with Gasteiger partial charge in [0, 0.05) is 10.2 Å². The Morgan fingerprint density at radius 3 is 2.57 bits per heavy atom. The smallest absolute Gasteiger partial charge is 0.337 e. The molecule has 2 aromatic carbocycles. The third-order valence-electron chi connectivity index (χ3n) is 2.72. The van der Waals surface area contributed by atoms with Gasteiger partial charge in [-0.05, 0) is 46.3 Å². The summed E-state index contributed by atoms with van der Waals surface area (Å²) in [6, 6.07) is 9.12. The van der Waals surface area contributed by atoms with Crippen molar-refractivity contribution >= 4 is 50.8 Å². The molecule has 0 radical (unpaired) electrons. The minimum Gasteiger partial charge on any atom is -0.478 e. The highest BCUT2D eigenvalue weighted by Crippen LogP contribution is 2.27. The van der Waals surface area contributed by atoms with E-state index in [0.29, 0.717) is 10.2 Å². The lowest BCUT2D eigenvalue weighted by molar-refractivity contribution is 0.0698. The zero-order valence-corrected chi connectivity index (χ0v) is 12.9. The molecule has 7 heteroatoms. The molecule has 0 bridgehead atoms. The van der Waals surface area contributed by atoms with E-state index < -0.39 is 11.9 Å². The number of nitrogens with two attached hydrogens (primary N) is 1. The van der Waals surface area contributed by atoms with Crippen molar-refractivity contribution in [2.24, 2.45) is 0 Å². The number of carbonyl (C=O) groups excluding carboxylic acids is 1. The maximum atomic E-state index is 12.2. The van der Waals surface area contributed by atoms with Gasteiger partial charge in [-0.15, -0.1) is 0 Å². The second-order valence-electron chi connectivity index (χ2n) is 4.17. The topological polar surface area (TPSA) is 92.4 Å². The quantitative estimate of drug-likeness (QED) is 0.720. The molecule has 2 aromatic rings. The molecule has 0 fully saturated rings. The van der Waals surface area contributed by atoms with Gasteiger partial charge in [0.15, 0.2) is 0 Å². The molecule has 0 aliphatic rings. The van der Waals surface area contributed by atoms with Crippen LogP contribution < -0.4 is 11.1 Å². The van der Waals surface area contributed by atoms with Crippen molar-refractivity contribution in [3.05, 3.63) is 57.0 Å². The second kappa shape index (κ2) is 6.15. The number of aromatic carboxylic acids is 1. The number of halogens is 2. The summed E-state index contributed by atoms with van der Waals surface area (Å²) < 4.78 is 0.576. The largest absolute Gasteiger partial charge is 0.478 e. The first-order valence-electron chi connectivity index (χ1n) is 5.78. The molecule has 4 N–H and O–H groups in total. The predicted octanol–water partition coefficient (Wildman–Crippen LogP) is 3.64. The van der Waals surface area contributed by atoms with Crippen molar-refractivity contribution in [3.63, 3.8) is 0 Å². The number of amides is 1. The van der Waals surface area contributed by atoms with Crippen LogP contribution in [0.1, 0.15) is 20.7 Å². The number of anilines is 2. The molecule has 0 spiro atoms. The van der Waals surface area contributed by atoms with Gasteiger partial charge in [-0.1, -0.05) is 17.7 Å². The van der Waals surface area contributed by atoms with Crippen LogP contribution in [0.3, 0.4) is 0 Å². The predicted molar refractivity (Wildman–Crippen MR) is 84.9 cm³/mol. The van der Waals surface area contributed by atoms with E-state index in [-0.39, 0.29) is 21.8 Å². The average molecular weight is 370 g/mol. The van der Waals surface area contributed by atoms with Crippen LogP contribution in [-0.2, 0) is 0 Å². The molecule has 0 atom stereocenters. The Morgan fingerprint density at radius 1 is 1.19 bits per heavy atom. The molecule has 0 aromatic heterocycles. The standard InChI is InChI=1S/C14H10BrClN2O3/c15-10-3-1-2-8(12(10)16)13(19)18-11-5-4-7(17)6-9(11)14(20)21/h1-6H,17H2,(H,18,19)(H,20,21). The lowest BCUT2D eigenvalue weighted by Gasteiger charge is -2.10. The first kappa shape index (κ1) is 15.3. The van der Waals surface area contributed by atoms with E-state index in [4.69, 9.17) is 22.4 Å². The Kier molecular flexibility index (Phi) is 4.50. The normalized spacial score (nSPS) is 10.2. The van der Waals surface area contributed by atoms with Crippen LogP contribution in [0.2, 0.25) is 5.02 Å². The molecule has 21 heavy (non-hydrogen) atoms. The van der Waals surface area contributed by atoms with E-state index in [2.05, 4.69) is 21.2 Å². The van der Waals surface area contributed by atoms with Gasteiger partial charge in [-0.2, -0.15) is 0 Å². The van der Waals surface area contributed by atoms with Crippen molar-refractivity contribution in [2.75, 3.05) is 11.1 Å². The van der Waals surface area contributed by atoms with Gasteiger partial charge in [0.25, 0.3) is 5.91 Å². The van der Waals surface area contributed by atoms with Gasteiger partial charge in [0.2, 0.25) is 0 Å². The minimum atomic E-state index is -1.18. The van der Waals surface area contributed by atoms with E-state index in [1.54, 1.807) is 18.2 Å². The number of carboxylic acid groups (broad SMARTS) is 1. The number of hydrogen-bond acceptors (Lipinski definition) is 3. The fraction of sp³-hybridized carbons (Fsp3) is 0. The van der Waals surface area contributed by atoms with E-state index in [9.17, 15) is 9.59 Å². The van der Waals surface area contributed by atoms with Gasteiger partial charge in [0.1, 0.15) is 0 Å². The minimum absolute atomic E-state index is 0.0885. The molecular weight excluding hydrogens is 360 g/mol. The fourth-order valence-electron chi connectivity index (χ4n) is 1.72. The number of nitrogens with one attached hydrogen (secondary N) is 1. The summed E-state index contributed by atoms with van der Waals surface area (Å²) in [7, 11) is 0. The first-order valence-corrected chi connectivity index (χ1v) is 6.95. The molecule has 0 saturated carbocycles. The Hall–Kier alpha value is -2.05.